The number of aliphatic hydroxyl groups is 4. The minimum atomic E-state index is -0.958. The molecule has 0 bridgehead atoms. The Balaban J connectivity index is 1.54. The molecule has 10 heteroatoms. The maximum absolute atomic E-state index is 12.5. The highest BCUT2D eigenvalue weighted by Gasteiger charge is 2.31. The summed E-state index contributed by atoms with van der Waals surface area (Å²) in [5, 5.41) is 40.8. The number of rotatable bonds is 7. The lowest BCUT2D eigenvalue weighted by atomic mass is 10.0. The number of nitrogens with two attached hydrogens (primary N) is 1. The Kier molecular flexibility index (Phi) is 8.00. The lowest BCUT2D eigenvalue weighted by Gasteiger charge is -2.33. The molecule has 2 aliphatic heterocycles. The van der Waals surface area contributed by atoms with Crippen LogP contribution in [0.4, 0.5) is 0 Å². The van der Waals surface area contributed by atoms with E-state index in [4.69, 9.17) is 19.9 Å². The summed E-state index contributed by atoms with van der Waals surface area (Å²) in [6, 6.07) is 5.62. The summed E-state index contributed by atoms with van der Waals surface area (Å²) in [7, 11) is 0. The molecule has 2 aliphatic rings. The van der Waals surface area contributed by atoms with E-state index in [9.17, 15) is 25.2 Å². The molecule has 3 rings (SSSR count). The van der Waals surface area contributed by atoms with Crippen molar-refractivity contribution < 1.29 is 39.4 Å². The molecular formula is C20H30N2O8. The third-order valence-electron chi connectivity index (χ3n) is 5.22. The van der Waals surface area contributed by atoms with Gasteiger partial charge in [-0.2, -0.15) is 0 Å². The molecule has 7 atom stereocenters. The number of carbonyl (C=O) groups is 1. The quantitative estimate of drug-likeness (QED) is 0.317. The third kappa shape index (κ3) is 6.11. The van der Waals surface area contributed by atoms with E-state index in [2.05, 4.69) is 5.32 Å². The molecule has 10 nitrogen and oxygen atoms in total. The Labute approximate surface area is 174 Å². The van der Waals surface area contributed by atoms with Gasteiger partial charge in [0.15, 0.2) is 0 Å². The van der Waals surface area contributed by atoms with E-state index in [1.54, 1.807) is 24.3 Å². The molecule has 1 aromatic carbocycles. The van der Waals surface area contributed by atoms with Gasteiger partial charge in [0.05, 0.1) is 37.6 Å². The number of amides is 1. The van der Waals surface area contributed by atoms with Crippen LogP contribution in [-0.2, 0) is 14.3 Å². The van der Waals surface area contributed by atoms with Gasteiger partial charge in [-0.25, -0.2) is 0 Å². The average Bonchev–Trinajstić information content (AvgIpc) is 2.72. The van der Waals surface area contributed by atoms with Gasteiger partial charge in [-0.05, 0) is 17.7 Å². The van der Waals surface area contributed by atoms with E-state index in [1.165, 1.54) is 0 Å². The molecule has 7 N–H and O–H groups in total. The van der Waals surface area contributed by atoms with Gasteiger partial charge in [-0.1, -0.05) is 12.1 Å². The molecule has 2 heterocycles. The molecule has 2 saturated heterocycles. The van der Waals surface area contributed by atoms with Crippen LogP contribution in [-0.4, -0.2) is 76.5 Å². The van der Waals surface area contributed by atoms with Crippen LogP contribution in [0.5, 0.6) is 5.75 Å². The highest BCUT2D eigenvalue weighted by Crippen LogP contribution is 2.25. The summed E-state index contributed by atoms with van der Waals surface area (Å²) in [6.07, 6.45) is -2.48. The van der Waals surface area contributed by atoms with Gasteiger partial charge in [0.2, 0.25) is 12.2 Å². The summed E-state index contributed by atoms with van der Waals surface area (Å²) in [6.45, 7) is -0.432. The van der Waals surface area contributed by atoms with Gasteiger partial charge in [0.25, 0.3) is 0 Å². The van der Waals surface area contributed by atoms with Crippen molar-refractivity contribution in [2.24, 2.45) is 5.73 Å². The van der Waals surface area contributed by atoms with Crippen LogP contribution in [0.25, 0.3) is 0 Å². The topological polar surface area (TPSA) is 164 Å². The van der Waals surface area contributed by atoms with Crippen LogP contribution in [0.3, 0.4) is 0 Å². The lowest BCUT2D eigenvalue weighted by Crippen LogP contribution is -2.49. The first kappa shape index (κ1) is 22.9. The summed E-state index contributed by atoms with van der Waals surface area (Å²) in [4.78, 5) is 12.5. The van der Waals surface area contributed by atoms with Crippen molar-refractivity contribution in [1.82, 2.24) is 5.32 Å². The Hall–Kier alpha value is -1.79. The largest absolute Gasteiger partial charge is 0.465 e. The maximum Gasteiger partial charge on any atom is 0.243 e. The van der Waals surface area contributed by atoms with E-state index >= 15 is 0 Å². The highest BCUT2D eigenvalue weighted by molar-refractivity contribution is 5.83. The fourth-order valence-electron chi connectivity index (χ4n) is 3.65. The zero-order valence-corrected chi connectivity index (χ0v) is 16.6. The molecule has 4 unspecified atom stereocenters. The monoisotopic (exact) mass is 426 g/mol. The first-order valence-corrected chi connectivity index (χ1v) is 10.1. The number of hydrogen-bond donors (Lipinski definition) is 6. The number of benzene rings is 1. The summed E-state index contributed by atoms with van der Waals surface area (Å²) < 4.78 is 16.8. The molecule has 0 radical (unpaired) electrons. The Morgan fingerprint density at radius 1 is 1.03 bits per heavy atom. The van der Waals surface area contributed by atoms with Gasteiger partial charge in [-0.15, -0.1) is 0 Å². The zero-order valence-electron chi connectivity index (χ0n) is 16.6. The maximum atomic E-state index is 12.5. The fraction of sp³-hybridized carbons (Fsp3) is 0.650. The first-order chi connectivity index (χ1) is 14.4. The SMILES string of the molecule is NC(C(=O)NC1CC(O)C[C@@H](CO)O1)c1ccc(O[C@H]2CC(O)C[C@@H](CO)O2)cc1. The standard InChI is InChI=1S/C20H30N2O8/c21-19(20(27)22-17-7-12(25)5-15(9-23)28-17)11-1-3-14(4-2-11)29-18-8-13(26)6-16(10-24)30-18/h1-4,12-13,15-19,23-26H,5-10,21H2,(H,22,27)/t12?,13?,15-,16-,17?,18+,19?/m0/s1. The van der Waals surface area contributed by atoms with Crippen LogP contribution in [0, 0.1) is 0 Å². The molecule has 168 valence electrons. The average molecular weight is 426 g/mol. The molecule has 30 heavy (non-hydrogen) atoms. The second kappa shape index (κ2) is 10.5. The minimum absolute atomic E-state index is 0.194. The van der Waals surface area contributed by atoms with Crippen molar-refractivity contribution in [3.63, 3.8) is 0 Å². The molecular weight excluding hydrogens is 396 g/mol. The lowest BCUT2D eigenvalue weighted by molar-refractivity contribution is -0.184. The van der Waals surface area contributed by atoms with Gasteiger partial charge in [0, 0.05) is 25.7 Å². The number of carbonyl (C=O) groups excluding carboxylic acids is 1. The first-order valence-electron chi connectivity index (χ1n) is 10.1. The Morgan fingerprint density at radius 3 is 2.27 bits per heavy atom. The number of aliphatic hydroxyl groups excluding tert-OH is 4. The van der Waals surface area contributed by atoms with Gasteiger partial charge < -0.3 is 45.7 Å². The second-order valence-electron chi connectivity index (χ2n) is 7.72. The summed E-state index contributed by atoms with van der Waals surface area (Å²) in [5.41, 5.74) is 6.59. The molecule has 0 aliphatic carbocycles. The van der Waals surface area contributed by atoms with Gasteiger partial charge >= 0.3 is 0 Å². The summed E-state index contributed by atoms with van der Waals surface area (Å²) >= 11 is 0. The van der Waals surface area contributed by atoms with Crippen molar-refractivity contribution in [3.05, 3.63) is 29.8 Å². The van der Waals surface area contributed by atoms with Gasteiger partial charge in [0.1, 0.15) is 18.0 Å². The van der Waals surface area contributed by atoms with E-state index in [-0.39, 0.29) is 19.6 Å². The van der Waals surface area contributed by atoms with Crippen molar-refractivity contribution in [2.45, 2.75) is 68.7 Å². The van der Waals surface area contributed by atoms with E-state index in [1.807, 2.05) is 0 Å². The predicted molar refractivity (Wildman–Crippen MR) is 104 cm³/mol. The van der Waals surface area contributed by atoms with Crippen molar-refractivity contribution in [3.8, 4) is 5.75 Å². The molecule has 1 aromatic rings. The number of nitrogens with one attached hydrogen (secondary N) is 1. The number of hydrogen-bond acceptors (Lipinski definition) is 9. The van der Waals surface area contributed by atoms with Crippen LogP contribution >= 0.6 is 0 Å². The smallest absolute Gasteiger partial charge is 0.243 e. The second-order valence-corrected chi connectivity index (χ2v) is 7.72. The molecule has 0 spiro atoms. The molecule has 2 fully saturated rings. The molecule has 1 amide bonds. The third-order valence-corrected chi connectivity index (χ3v) is 5.22. The molecule has 0 aromatic heterocycles. The van der Waals surface area contributed by atoms with Crippen molar-refractivity contribution in [2.75, 3.05) is 13.2 Å². The highest BCUT2D eigenvalue weighted by atomic mass is 16.7. The van der Waals surface area contributed by atoms with E-state index < -0.39 is 48.9 Å². The van der Waals surface area contributed by atoms with Crippen LogP contribution < -0.4 is 15.8 Å². The van der Waals surface area contributed by atoms with E-state index in [0.29, 0.717) is 30.6 Å². The normalized spacial score (nSPS) is 33.0. The fourth-order valence-corrected chi connectivity index (χ4v) is 3.65. The zero-order chi connectivity index (χ0) is 21.7. The van der Waals surface area contributed by atoms with Crippen LogP contribution in [0.2, 0.25) is 0 Å². The minimum Gasteiger partial charge on any atom is -0.465 e. The Bertz CT molecular complexity index is 688. The predicted octanol–water partition coefficient (Wildman–Crippen LogP) is -1.10. The van der Waals surface area contributed by atoms with Crippen LogP contribution in [0.1, 0.15) is 37.3 Å². The Morgan fingerprint density at radius 2 is 1.63 bits per heavy atom. The van der Waals surface area contributed by atoms with Crippen LogP contribution in [0.15, 0.2) is 24.3 Å². The number of ether oxygens (including phenoxy) is 3. The summed E-state index contributed by atoms with van der Waals surface area (Å²) in [5.74, 6) is 0.00986. The van der Waals surface area contributed by atoms with Crippen molar-refractivity contribution >= 4 is 5.91 Å². The van der Waals surface area contributed by atoms with Crippen molar-refractivity contribution in [1.29, 1.82) is 0 Å². The van der Waals surface area contributed by atoms with Gasteiger partial charge in [-0.3, -0.25) is 4.79 Å². The van der Waals surface area contributed by atoms with E-state index in [0.717, 1.165) is 0 Å². The molecule has 0 saturated carbocycles.